The second-order valence-electron chi connectivity index (χ2n) is 9.08. The summed E-state index contributed by atoms with van der Waals surface area (Å²) in [4.78, 5) is 19.9. The molecule has 1 aliphatic heterocycles. The van der Waals surface area contributed by atoms with Crippen LogP contribution in [0.25, 0.3) is 0 Å². The van der Waals surface area contributed by atoms with Crippen molar-refractivity contribution >= 4 is 15.7 Å². The molecule has 6 nitrogen and oxygen atoms in total. The van der Waals surface area contributed by atoms with Gasteiger partial charge in [0.25, 0.3) is 0 Å². The number of likely N-dealkylation sites (N-methyl/N-ethyl adjacent to an activating group) is 1. The van der Waals surface area contributed by atoms with Crippen LogP contribution in [0.4, 0.5) is 4.39 Å². The molecule has 3 rings (SSSR count). The van der Waals surface area contributed by atoms with Gasteiger partial charge in [-0.05, 0) is 56.3 Å². The SMILES string of the molecule is CN(C)CCN(C(=O)Cc1ccc(F)cc1)C1CCN(Cc2ccccc2S(C)(=O)=O)CC1. The Bertz CT molecular complexity index is 1030. The summed E-state index contributed by atoms with van der Waals surface area (Å²) < 4.78 is 37.5. The molecule has 33 heavy (non-hydrogen) atoms. The highest BCUT2D eigenvalue weighted by molar-refractivity contribution is 7.90. The maximum absolute atomic E-state index is 13.2. The lowest BCUT2D eigenvalue weighted by Gasteiger charge is -2.39. The van der Waals surface area contributed by atoms with Crippen molar-refractivity contribution in [1.29, 1.82) is 0 Å². The number of sulfone groups is 1. The molecule has 2 aromatic carbocycles. The number of carbonyl (C=O) groups is 1. The zero-order valence-electron chi connectivity index (χ0n) is 19.7. The average molecular weight is 476 g/mol. The highest BCUT2D eigenvalue weighted by Gasteiger charge is 2.28. The minimum Gasteiger partial charge on any atom is -0.338 e. The summed E-state index contributed by atoms with van der Waals surface area (Å²) >= 11 is 0. The molecular formula is C25H34FN3O3S. The molecular weight excluding hydrogens is 441 g/mol. The van der Waals surface area contributed by atoms with E-state index < -0.39 is 9.84 Å². The zero-order chi connectivity index (χ0) is 24.0. The van der Waals surface area contributed by atoms with Crippen LogP contribution in [-0.4, -0.2) is 81.6 Å². The first-order chi connectivity index (χ1) is 15.6. The van der Waals surface area contributed by atoms with Gasteiger partial charge in [-0.15, -0.1) is 0 Å². The van der Waals surface area contributed by atoms with E-state index in [4.69, 9.17) is 0 Å². The molecule has 8 heteroatoms. The summed E-state index contributed by atoms with van der Waals surface area (Å²) in [6, 6.07) is 13.4. The molecule has 2 aromatic rings. The summed E-state index contributed by atoms with van der Waals surface area (Å²) in [7, 11) is 0.706. The molecule has 0 atom stereocenters. The van der Waals surface area contributed by atoms with Crippen molar-refractivity contribution in [2.75, 3.05) is 46.5 Å². The van der Waals surface area contributed by atoms with Gasteiger partial charge in [-0.3, -0.25) is 9.69 Å². The van der Waals surface area contributed by atoms with Crippen molar-refractivity contribution in [3.05, 3.63) is 65.5 Å². The highest BCUT2D eigenvalue weighted by Crippen LogP contribution is 2.22. The Balaban J connectivity index is 1.64. The summed E-state index contributed by atoms with van der Waals surface area (Å²) in [5, 5.41) is 0. The predicted molar refractivity (Wildman–Crippen MR) is 128 cm³/mol. The van der Waals surface area contributed by atoms with Gasteiger partial charge in [-0.1, -0.05) is 30.3 Å². The van der Waals surface area contributed by atoms with E-state index in [1.807, 2.05) is 31.1 Å². The smallest absolute Gasteiger partial charge is 0.227 e. The molecule has 1 fully saturated rings. The van der Waals surface area contributed by atoms with E-state index in [0.717, 1.165) is 43.6 Å². The topological polar surface area (TPSA) is 60.9 Å². The normalized spacial score (nSPS) is 15.7. The first-order valence-electron chi connectivity index (χ1n) is 11.3. The minimum absolute atomic E-state index is 0.0596. The van der Waals surface area contributed by atoms with Gasteiger partial charge in [0, 0.05) is 45.0 Å². The highest BCUT2D eigenvalue weighted by atomic mass is 32.2. The van der Waals surface area contributed by atoms with E-state index >= 15 is 0 Å². The van der Waals surface area contributed by atoms with E-state index in [1.54, 1.807) is 24.3 Å². The fourth-order valence-electron chi connectivity index (χ4n) is 4.32. The second kappa shape index (κ2) is 11.2. The van der Waals surface area contributed by atoms with Crippen LogP contribution in [-0.2, 0) is 27.6 Å². The number of benzene rings is 2. The fraction of sp³-hybridized carbons (Fsp3) is 0.480. The molecule has 0 unspecified atom stereocenters. The Morgan fingerprint density at radius 2 is 1.67 bits per heavy atom. The molecule has 0 spiro atoms. The molecule has 1 saturated heterocycles. The lowest BCUT2D eigenvalue weighted by Crippen LogP contribution is -2.49. The van der Waals surface area contributed by atoms with Gasteiger partial charge in [0.05, 0.1) is 11.3 Å². The average Bonchev–Trinajstić information content (AvgIpc) is 2.76. The largest absolute Gasteiger partial charge is 0.338 e. The molecule has 0 saturated carbocycles. The van der Waals surface area contributed by atoms with Crippen molar-refractivity contribution in [3.8, 4) is 0 Å². The third-order valence-corrected chi connectivity index (χ3v) is 7.34. The summed E-state index contributed by atoms with van der Waals surface area (Å²) in [5.41, 5.74) is 1.63. The second-order valence-corrected chi connectivity index (χ2v) is 11.1. The van der Waals surface area contributed by atoms with Crippen LogP contribution in [0.2, 0.25) is 0 Å². The zero-order valence-corrected chi connectivity index (χ0v) is 20.5. The lowest BCUT2D eigenvalue weighted by molar-refractivity contribution is -0.134. The quantitative estimate of drug-likeness (QED) is 0.558. The number of halogens is 1. The van der Waals surface area contributed by atoms with Crippen molar-refractivity contribution in [3.63, 3.8) is 0 Å². The summed E-state index contributed by atoms with van der Waals surface area (Å²) in [6.45, 7) is 3.60. The predicted octanol–water partition coefficient (Wildman–Crippen LogP) is 2.83. The van der Waals surface area contributed by atoms with Gasteiger partial charge >= 0.3 is 0 Å². The number of carbonyl (C=O) groups excluding carboxylic acids is 1. The molecule has 180 valence electrons. The van der Waals surface area contributed by atoms with Crippen LogP contribution in [0.1, 0.15) is 24.0 Å². The van der Waals surface area contributed by atoms with E-state index in [-0.39, 0.29) is 24.2 Å². The van der Waals surface area contributed by atoms with Crippen molar-refractivity contribution in [2.45, 2.75) is 36.7 Å². The van der Waals surface area contributed by atoms with E-state index in [0.29, 0.717) is 18.0 Å². The number of hydrogen-bond acceptors (Lipinski definition) is 5. The number of piperidine rings is 1. The third-order valence-electron chi connectivity index (χ3n) is 6.14. The van der Waals surface area contributed by atoms with Crippen LogP contribution in [0.5, 0.6) is 0 Å². The molecule has 1 aliphatic rings. The van der Waals surface area contributed by atoms with Crippen LogP contribution in [0, 0.1) is 5.82 Å². The summed E-state index contributed by atoms with van der Waals surface area (Å²) in [5.74, 6) is -0.246. The Hall–Kier alpha value is -2.29. The van der Waals surface area contributed by atoms with Gasteiger partial charge in [-0.25, -0.2) is 12.8 Å². The van der Waals surface area contributed by atoms with Crippen molar-refractivity contribution < 1.29 is 17.6 Å². The van der Waals surface area contributed by atoms with Crippen LogP contribution in [0.15, 0.2) is 53.4 Å². The van der Waals surface area contributed by atoms with E-state index in [9.17, 15) is 17.6 Å². The van der Waals surface area contributed by atoms with Gasteiger partial charge < -0.3 is 9.80 Å². The number of amides is 1. The minimum atomic E-state index is -3.28. The van der Waals surface area contributed by atoms with Crippen LogP contribution in [0.3, 0.4) is 0 Å². The molecule has 0 N–H and O–H groups in total. The number of likely N-dealkylation sites (tertiary alicyclic amines) is 1. The molecule has 1 amide bonds. The molecule has 0 aliphatic carbocycles. The molecule has 0 radical (unpaired) electrons. The van der Waals surface area contributed by atoms with Gasteiger partial charge in [0.15, 0.2) is 9.84 Å². The summed E-state index contributed by atoms with van der Waals surface area (Å²) in [6.07, 6.45) is 3.18. The maximum Gasteiger partial charge on any atom is 0.227 e. The molecule has 0 aromatic heterocycles. The molecule has 0 bridgehead atoms. The van der Waals surface area contributed by atoms with E-state index in [2.05, 4.69) is 9.80 Å². The Morgan fingerprint density at radius 3 is 2.27 bits per heavy atom. The Labute approximate surface area is 196 Å². The fourth-order valence-corrected chi connectivity index (χ4v) is 5.26. The monoisotopic (exact) mass is 475 g/mol. The van der Waals surface area contributed by atoms with Crippen molar-refractivity contribution in [1.82, 2.24) is 14.7 Å². The Morgan fingerprint density at radius 1 is 1.03 bits per heavy atom. The molecule has 1 heterocycles. The van der Waals surface area contributed by atoms with Gasteiger partial charge in [-0.2, -0.15) is 0 Å². The van der Waals surface area contributed by atoms with Gasteiger partial charge in [0.1, 0.15) is 5.82 Å². The number of rotatable bonds is 9. The van der Waals surface area contributed by atoms with Crippen LogP contribution < -0.4 is 0 Å². The standard InChI is InChI=1S/C25H34FN3O3S/c1-27(2)16-17-29(25(30)18-20-8-10-22(26)11-9-20)23-12-14-28(15-13-23)19-21-6-4-5-7-24(21)33(3,31)32/h4-11,23H,12-19H2,1-3H3. The Kier molecular flexibility index (Phi) is 8.62. The van der Waals surface area contributed by atoms with Crippen molar-refractivity contribution in [2.24, 2.45) is 0 Å². The van der Waals surface area contributed by atoms with Gasteiger partial charge in [0.2, 0.25) is 5.91 Å². The van der Waals surface area contributed by atoms with E-state index in [1.165, 1.54) is 18.4 Å². The number of nitrogens with zero attached hydrogens (tertiary/aromatic N) is 3. The number of hydrogen-bond donors (Lipinski definition) is 0. The first-order valence-corrected chi connectivity index (χ1v) is 13.2. The lowest BCUT2D eigenvalue weighted by atomic mass is 10.0. The maximum atomic E-state index is 13.2. The third kappa shape index (κ3) is 7.35. The van der Waals surface area contributed by atoms with Crippen LogP contribution >= 0.6 is 0 Å². The first kappa shape index (κ1) is 25.3.